The van der Waals surface area contributed by atoms with Crippen molar-refractivity contribution in [2.75, 3.05) is 14.2 Å². The van der Waals surface area contributed by atoms with Crippen LogP contribution in [0.5, 0.6) is 5.75 Å². The number of urea groups is 1. The van der Waals surface area contributed by atoms with E-state index in [9.17, 15) is 9.18 Å². The van der Waals surface area contributed by atoms with Crippen LogP contribution in [0.15, 0.2) is 18.2 Å². The molecule has 15 heavy (non-hydrogen) atoms. The number of hydrogen-bond acceptors (Lipinski definition) is 2. The molecular formula is C10H13FN2O2. The van der Waals surface area contributed by atoms with E-state index in [1.54, 1.807) is 6.07 Å². The van der Waals surface area contributed by atoms with E-state index in [0.29, 0.717) is 5.56 Å². The van der Waals surface area contributed by atoms with Crippen LogP contribution in [0.1, 0.15) is 5.56 Å². The summed E-state index contributed by atoms with van der Waals surface area (Å²) in [4.78, 5) is 10.9. The molecule has 0 saturated heterocycles. The first-order valence-corrected chi connectivity index (χ1v) is 4.45. The molecule has 0 bridgehead atoms. The molecule has 82 valence electrons. The molecule has 0 fully saturated rings. The number of carbonyl (C=O) groups is 1. The molecule has 0 radical (unpaired) electrons. The zero-order valence-electron chi connectivity index (χ0n) is 8.63. The van der Waals surface area contributed by atoms with Crippen LogP contribution in [0.2, 0.25) is 0 Å². The number of ether oxygens (including phenoxy) is 1. The summed E-state index contributed by atoms with van der Waals surface area (Å²) in [5.74, 6) is -0.243. The number of rotatable bonds is 3. The fourth-order valence-electron chi connectivity index (χ4n) is 1.09. The molecule has 1 aromatic carbocycles. The molecule has 0 aliphatic heterocycles. The summed E-state index contributed by atoms with van der Waals surface area (Å²) < 4.78 is 18.0. The Morgan fingerprint density at radius 1 is 1.53 bits per heavy atom. The number of methoxy groups -OCH3 is 1. The fraction of sp³-hybridized carbons (Fsp3) is 0.300. The first kappa shape index (κ1) is 11.3. The fourth-order valence-corrected chi connectivity index (χ4v) is 1.09. The Labute approximate surface area is 87.4 Å². The predicted octanol–water partition coefficient (Wildman–Crippen LogP) is 1.26. The number of benzene rings is 1. The monoisotopic (exact) mass is 212 g/mol. The van der Waals surface area contributed by atoms with Gasteiger partial charge in [0.05, 0.1) is 7.11 Å². The highest BCUT2D eigenvalue weighted by Crippen LogP contribution is 2.17. The smallest absolute Gasteiger partial charge is 0.314 e. The van der Waals surface area contributed by atoms with Gasteiger partial charge in [-0.1, -0.05) is 6.07 Å². The van der Waals surface area contributed by atoms with Crippen molar-refractivity contribution >= 4 is 6.03 Å². The van der Waals surface area contributed by atoms with Crippen molar-refractivity contribution in [3.05, 3.63) is 29.6 Å². The maximum absolute atomic E-state index is 13.2. The zero-order chi connectivity index (χ0) is 11.3. The SMILES string of the molecule is CNC(=O)NCc1ccc(OC)c(F)c1. The van der Waals surface area contributed by atoms with E-state index < -0.39 is 5.82 Å². The van der Waals surface area contributed by atoms with Crippen LogP contribution in [-0.4, -0.2) is 20.2 Å². The maximum atomic E-state index is 13.2. The van der Waals surface area contributed by atoms with Crippen LogP contribution < -0.4 is 15.4 Å². The van der Waals surface area contributed by atoms with Gasteiger partial charge in [-0.05, 0) is 17.7 Å². The van der Waals surface area contributed by atoms with Gasteiger partial charge in [-0.15, -0.1) is 0 Å². The summed E-state index contributed by atoms with van der Waals surface area (Å²) >= 11 is 0. The van der Waals surface area contributed by atoms with E-state index in [-0.39, 0.29) is 18.3 Å². The maximum Gasteiger partial charge on any atom is 0.314 e. The molecule has 0 spiro atoms. The molecule has 0 atom stereocenters. The minimum Gasteiger partial charge on any atom is -0.494 e. The summed E-state index contributed by atoms with van der Waals surface area (Å²) in [5.41, 5.74) is 0.678. The minimum absolute atomic E-state index is 0.193. The zero-order valence-corrected chi connectivity index (χ0v) is 8.63. The third kappa shape index (κ3) is 3.12. The van der Waals surface area contributed by atoms with Gasteiger partial charge in [-0.25, -0.2) is 9.18 Å². The Hall–Kier alpha value is -1.78. The third-order valence-corrected chi connectivity index (χ3v) is 1.90. The van der Waals surface area contributed by atoms with Gasteiger partial charge in [0.2, 0.25) is 0 Å². The second-order valence-electron chi connectivity index (χ2n) is 2.90. The summed E-state index contributed by atoms with van der Waals surface area (Å²) in [6.45, 7) is 0.278. The highest BCUT2D eigenvalue weighted by Gasteiger charge is 2.03. The van der Waals surface area contributed by atoms with Gasteiger partial charge in [0.25, 0.3) is 0 Å². The van der Waals surface area contributed by atoms with Crippen molar-refractivity contribution in [2.45, 2.75) is 6.54 Å². The van der Waals surface area contributed by atoms with E-state index in [4.69, 9.17) is 4.74 Å². The van der Waals surface area contributed by atoms with E-state index in [0.717, 1.165) is 0 Å². The molecule has 5 heteroatoms. The highest BCUT2D eigenvalue weighted by molar-refractivity contribution is 5.73. The molecule has 4 nitrogen and oxygen atoms in total. The summed E-state index contributed by atoms with van der Waals surface area (Å²) in [7, 11) is 2.92. The standard InChI is InChI=1S/C10H13FN2O2/c1-12-10(14)13-6-7-3-4-9(15-2)8(11)5-7/h3-5H,6H2,1-2H3,(H2,12,13,14). The number of hydrogen-bond donors (Lipinski definition) is 2. The van der Waals surface area contributed by atoms with Crippen LogP contribution in [0.25, 0.3) is 0 Å². The molecule has 1 rings (SSSR count). The lowest BCUT2D eigenvalue weighted by atomic mass is 10.2. The predicted molar refractivity (Wildman–Crippen MR) is 54.2 cm³/mol. The third-order valence-electron chi connectivity index (χ3n) is 1.90. The normalized spacial score (nSPS) is 9.53. The molecular weight excluding hydrogens is 199 g/mol. The van der Waals surface area contributed by atoms with Crippen LogP contribution in [-0.2, 0) is 6.54 Å². The van der Waals surface area contributed by atoms with Gasteiger partial charge in [-0.3, -0.25) is 0 Å². The quantitative estimate of drug-likeness (QED) is 0.792. The number of amides is 2. The van der Waals surface area contributed by atoms with Gasteiger partial charge >= 0.3 is 6.03 Å². The van der Waals surface area contributed by atoms with Crippen LogP contribution >= 0.6 is 0 Å². The lowest BCUT2D eigenvalue weighted by molar-refractivity contribution is 0.242. The van der Waals surface area contributed by atoms with Gasteiger partial charge in [0, 0.05) is 13.6 Å². The Kier molecular flexibility index (Phi) is 3.91. The topological polar surface area (TPSA) is 50.4 Å². The molecule has 1 aromatic rings. The van der Waals surface area contributed by atoms with Gasteiger partial charge < -0.3 is 15.4 Å². The van der Waals surface area contributed by atoms with Crippen molar-refractivity contribution in [3.63, 3.8) is 0 Å². The second-order valence-corrected chi connectivity index (χ2v) is 2.90. The minimum atomic E-state index is -0.436. The van der Waals surface area contributed by atoms with Crippen LogP contribution in [0.3, 0.4) is 0 Å². The van der Waals surface area contributed by atoms with E-state index in [1.165, 1.54) is 26.3 Å². The van der Waals surface area contributed by atoms with Crippen LogP contribution in [0, 0.1) is 5.82 Å². The molecule has 2 N–H and O–H groups in total. The van der Waals surface area contributed by atoms with Crippen molar-refractivity contribution in [3.8, 4) is 5.75 Å². The summed E-state index contributed by atoms with van der Waals surface area (Å²) in [6.07, 6.45) is 0. The molecule has 0 unspecified atom stereocenters. The number of carbonyl (C=O) groups excluding carboxylic acids is 1. The summed E-state index contributed by atoms with van der Waals surface area (Å²) in [6, 6.07) is 4.24. The van der Waals surface area contributed by atoms with E-state index in [2.05, 4.69) is 10.6 Å². The molecule has 0 heterocycles. The second kappa shape index (κ2) is 5.19. The van der Waals surface area contributed by atoms with Crippen molar-refractivity contribution in [2.24, 2.45) is 0 Å². The van der Waals surface area contributed by atoms with Gasteiger partial charge in [0.1, 0.15) is 0 Å². The Morgan fingerprint density at radius 2 is 2.27 bits per heavy atom. The summed E-state index contributed by atoms with van der Waals surface area (Å²) in [5, 5.41) is 4.96. The highest BCUT2D eigenvalue weighted by atomic mass is 19.1. The largest absolute Gasteiger partial charge is 0.494 e. The first-order valence-electron chi connectivity index (χ1n) is 4.45. The Balaban J connectivity index is 2.63. The van der Waals surface area contributed by atoms with E-state index in [1.807, 2.05) is 0 Å². The van der Waals surface area contributed by atoms with Crippen molar-refractivity contribution < 1.29 is 13.9 Å². The van der Waals surface area contributed by atoms with Crippen LogP contribution in [0.4, 0.5) is 9.18 Å². The lowest BCUT2D eigenvalue weighted by Crippen LogP contribution is -2.32. The number of nitrogens with one attached hydrogen (secondary N) is 2. The number of halogens is 1. The lowest BCUT2D eigenvalue weighted by Gasteiger charge is -2.06. The van der Waals surface area contributed by atoms with Crippen molar-refractivity contribution in [1.29, 1.82) is 0 Å². The molecule has 0 aliphatic carbocycles. The average molecular weight is 212 g/mol. The first-order chi connectivity index (χ1) is 7.17. The Bertz CT molecular complexity index is 355. The van der Waals surface area contributed by atoms with Gasteiger partial charge in [0.15, 0.2) is 11.6 Å². The van der Waals surface area contributed by atoms with Gasteiger partial charge in [-0.2, -0.15) is 0 Å². The average Bonchev–Trinajstić information content (AvgIpc) is 2.26. The molecule has 0 aliphatic rings. The Morgan fingerprint density at radius 3 is 2.80 bits per heavy atom. The molecule has 0 saturated carbocycles. The molecule has 2 amide bonds. The molecule has 0 aromatic heterocycles. The van der Waals surface area contributed by atoms with E-state index >= 15 is 0 Å². The van der Waals surface area contributed by atoms with Crippen molar-refractivity contribution in [1.82, 2.24) is 10.6 Å².